The molecule has 2 heterocycles. The topological polar surface area (TPSA) is 17.0 Å². The number of hydrogen-bond donors (Lipinski definition) is 0. The molecule has 178 valence electrons. The van der Waals surface area contributed by atoms with Gasteiger partial charge in [0, 0.05) is 35.5 Å². The first-order chi connectivity index (χ1) is 18.9. The number of pyridine rings is 1. The van der Waals surface area contributed by atoms with E-state index in [9.17, 15) is 0 Å². The molecule has 0 saturated heterocycles. The van der Waals surface area contributed by atoms with Gasteiger partial charge in [-0.15, -0.1) is 0 Å². The van der Waals surface area contributed by atoms with E-state index in [0.717, 1.165) is 56.9 Å². The molecule has 0 radical (unpaired) electrons. The van der Waals surface area contributed by atoms with E-state index in [1.165, 1.54) is 0 Å². The molecule has 35 heavy (non-hydrogen) atoms. The third-order valence-corrected chi connectivity index (χ3v) is 8.23. The lowest BCUT2D eigenvalue weighted by Crippen LogP contribution is -2.42. The molecule has 0 aliphatic heterocycles. The summed E-state index contributed by atoms with van der Waals surface area (Å²) in [6.07, 6.45) is 3.52. The van der Waals surface area contributed by atoms with E-state index in [2.05, 4.69) is 27.7 Å². The second-order valence-electron chi connectivity index (χ2n) is 11.6. The van der Waals surface area contributed by atoms with Crippen molar-refractivity contribution in [3.8, 4) is 11.3 Å². The van der Waals surface area contributed by atoms with Gasteiger partial charge in [0.2, 0.25) is 5.69 Å². The van der Waals surface area contributed by atoms with E-state index in [1.54, 1.807) is 12.3 Å². The minimum absolute atomic E-state index is 0.262. The number of benzene rings is 3. The highest BCUT2D eigenvalue weighted by Crippen LogP contribution is 2.51. The quantitative estimate of drug-likeness (QED) is 0.225. The van der Waals surface area contributed by atoms with Gasteiger partial charge >= 0.3 is 0 Å². The molecule has 0 saturated carbocycles. The maximum absolute atomic E-state index is 8.45. The van der Waals surface area contributed by atoms with Gasteiger partial charge in [0.1, 0.15) is 18.2 Å². The van der Waals surface area contributed by atoms with Crippen molar-refractivity contribution in [1.82, 2.24) is 0 Å². The van der Waals surface area contributed by atoms with Crippen LogP contribution in [0.1, 0.15) is 76.6 Å². The molecule has 5 aromatic rings. The van der Waals surface area contributed by atoms with Gasteiger partial charge in [-0.3, -0.25) is 0 Å². The lowest BCUT2D eigenvalue weighted by molar-refractivity contribution is -0.661. The highest BCUT2D eigenvalue weighted by molar-refractivity contribution is 6.18. The molecule has 2 nitrogen and oxygen atoms in total. The van der Waals surface area contributed by atoms with Crippen molar-refractivity contribution in [2.45, 2.75) is 72.0 Å². The molecule has 0 atom stereocenters. The van der Waals surface area contributed by atoms with Crippen molar-refractivity contribution in [2.24, 2.45) is 7.05 Å². The van der Waals surface area contributed by atoms with Gasteiger partial charge in [-0.2, -0.15) is 0 Å². The highest BCUT2D eigenvalue weighted by atomic mass is 16.3. The first kappa shape index (κ1) is 16.5. The lowest BCUT2D eigenvalue weighted by atomic mass is 9.61. The fourth-order valence-corrected chi connectivity index (χ4v) is 6.39. The van der Waals surface area contributed by atoms with Crippen LogP contribution in [0.15, 0.2) is 53.1 Å². The van der Waals surface area contributed by atoms with Gasteiger partial charge in [-0.05, 0) is 72.4 Å². The lowest BCUT2D eigenvalue weighted by Gasteiger charge is -2.42. The van der Waals surface area contributed by atoms with Gasteiger partial charge in [-0.1, -0.05) is 64.1 Å². The van der Waals surface area contributed by atoms with Gasteiger partial charge in [0.15, 0.2) is 6.20 Å². The van der Waals surface area contributed by atoms with Crippen molar-refractivity contribution < 1.29 is 17.2 Å². The minimum Gasteiger partial charge on any atom is -0.454 e. The van der Waals surface area contributed by atoms with E-state index in [-0.39, 0.29) is 16.4 Å². The van der Waals surface area contributed by atoms with E-state index in [4.69, 9.17) is 12.6 Å². The zero-order chi connectivity index (χ0) is 29.9. The first-order valence-corrected chi connectivity index (χ1v) is 12.4. The Labute approximate surface area is 217 Å². The fourth-order valence-electron chi connectivity index (χ4n) is 6.39. The number of furan rings is 1. The highest BCUT2D eigenvalue weighted by Gasteiger charge is 2.44. The van der Waals surface area contributed by atoms with Gasteiger partial charge in [-0.25, -0.2) is 4.57 Å². The molecule has 3 aromatic carbocycles. The van der Waals surface area contributed by atoms with E-state index in [1.807, 2.05) is 54.9 Å². The Morgan fingerprint density at radius 1 is 0.829 bits per heavy atom. The Morgan fingerprint density at radius 3 is 2.29 bits per heavy atom. The fraction of sp³-hybridized carbons (Fsp3) is 0.364. The first-order valence-electron chi connectivity index (χ1n) is 15.4. The summed E-state index contributed by atoms with van der Waals surface area (Å²) in [5, 5.41) is 3.29. The standard InChI is InChI=1S/C33H36NO/c1-19-17-20(2)26(31-25(19)24-14-13-22-11-9-10-12-23(22)30(24)35-31)29-28-27(21(3)18-34(29)8)32(4,5)15-16-33(28,6)7/h9-14,17-18H,15-16H2,1-8H3/q+1/i1D3,3D3. The van der Waals surface area contributed by atoms with Crippen LogP contribution in [0.3, 0.4) is 0 Å². The minimum atomic E-state index is -2.35. The van der Waals surface area contributed by atoms with Crippen LogP contribution in [0.2, 0.25) is 0 Å². The third-order valence-electron chi connectivity index (χ3n) is 8.23. The number of nitrogens with zero attached hydrogens (tertiary/aromatic N) is 1. The summed E-state index contributed by atoms with van der Waals surface area (Å²) >= 11 is 0. The molecule has 0 spiro atoms. The molecule has 2 aromatic heterocycles. The van der Waals surface area contributed by atoms with Crippen molar-refractivity contribution in [3.05, 3.63) is 76.5 Å². The zero-order valence-corrected chi connectivity index (χ0v) is 21.4. The summed E-state index contributed by atoms with van der Waals surface area (Å²) < 4.78 is 59.3. The Morgan fingerprint density at radius 2 is 1.54 bits per heavy atom. The van der Waals surface area contributed by atoms with Crippen LogP contribution in [0, 0.1) is 20.6 Å². The Balaban J connectivity index is 1.86. The zero-order valence-electron chi connectivity index (χ0n) is 27.4. The maximum atomic E-state index is 8.45. The van der Waals surface area contributed by atoms with Crippen molar-refractivity contribution in [2.75, 3.05) is 0 Å². The average molecular weight is 469 g/mol. The van der Waals surface area contributed by atoms with Crippen LogP contribution >= 0.6 is 0 Å². The smallest absolute Gasteiger partial charge is 0.220 e. The van der Waals surface area contributed by atoms with Crippen molar-refractivity contribution >= 4 is 32.7 Å². The molecule has 2 heteroatoms. The molecule has 0 N–H and O–H groups in total. The molecule has 0 fully saturated rings. The van der Waals surface area contributed by atoms with Gasteiger partial charge < -0.3 is 4.42 Å². The number of aryl methyl sites for hydroxylation is 4. The molecular weight excluding hydrogens is 426 g/mol. The van der Waals surface area contributed by atoms with Crippen LogP contribution in [0.25, 0.3) is 44.0 Å². The molecule has 0 amide bonds. The van der Waals surface area contributed by atoms with E-state index < -0.39 is 13.7 Å². The SMILES string of the molecule is [2H]C([2H])([2H])c1c[n+](C)c(-c2c(C)cc(C([2H])([2H])[2H])c3c2oc2c4ccccc4ccc23)c2c1C(C)(C)CCC2(C)C. The van der Waals surface area contributed by atoms with Crippen LogP contribution in [0.4, 0.5) is 0 Å². The second kappa shape index (κ2) is 7.20. The van der Waals surface area contributed by atoms with Crippen molar-refractivity contribution in [1.29, 1.82) is 0 Å². The predicted molar refractivity (Wildman–Crippen MR) is 147 cm³/mol. The maximum Gasteiger partial charge on any atom is 0.220 e. The third kappa shape index (κ3) is 3.05. The predicted octanol–water partition coefficient (Wildman–Crippen LogP) is 8.50. The number of rotatable bonds is 1. The number of aromatic nitrogens is 1. The molecule has 6 rings (SSSR count). The second-order valence-corrected chi connectivity index (χ2v) is 11.6. The Bertz CT molecular complexity index is 1890. The summed E-state index contributed by atoms with van der Waals surface area (Å²) in [5.41, 5.74) is 5.50. The summed E-state index contributed by atoms with van der Waals surface area (Å²) in [4.78, 5) is 0. The summed E-state index contributed by atoms with van der Waals surface area (Å²) in [6.45, 7) is 5.94. The molecule has 0 unspecified atom stereocenters. The summed E-state index contributed by atoms with van der Waals surface area (Å²) in [5.74, 6) is 0. The van der Waals surface area contributed by atoms with Crippen molar-refractivity contribution in [3.63, 3.8) is 0 Å². The van der Waals surface area contributed by atoms with Crippen LogP contribution in [-0.2, 0) is 17.9 Å². The monoisotopic (exact) mass is 468 g/mol. The molecular formula is C33H36NO+. The molecule has 1 aliphatic carbocycles. The number of hydrogen-bond acceptors (Lipinski definition) is 1. The number of fused-ring (bicyclic) bond motifs is 6. The average Bonchev–Trinajstić information content (AvgIpc) is 3.25. The Hall–Kier alpha value is -3.13. The van der Waals surface area contributed by atoms with E-state index >= 15 is 0 Å². The largest absolute Gasteiger partial charge is 0.454 e. The normalized spacial score (nSPS) is 20.1. The van der Waals surface area contributed by atoms with Crippen LogP contribution < -0.4 is 4.57 Å². The Kier molecular flexibility index (Phi) is 3.40. The van der Waals surface area contributed by atoms with E-state index in [0.29, 0.717) is 22.1 Å². The van der Waals surface area contributed by atoms with Crippen LogP contribution in [0.5, 0.6) is 0 Å². The molecule has 1 aliphatic rings. The van der Waals surface area contributed by atoms with Gasteiger partial charge in [0.25, 0.3) is 0 Å². The summed E-state index contributed by atoms with van der Waals surface area (Å²) in [6, 6.07) is 13.7. The van der Waals surface area contributed by atoms with Crippen LogP contribution in [-0.4, -0.2) is 0 Å². The summed E-state index contributed by atoms with van der Waals surface area (Å²) in [7, 11) is 1.89. The van der Waals surface area contributed by atoms with Gasteiger partial charge in [0.05, 0.1) is 5.56 Å². The molecule has 0 bridgehead atoms.